The first-order valence-corrected chi connectivity index (χ1v) is 21.9. The van der Waals surface area contributed by atoms with Crippen LogP contribution in [0.3, 0.4) is 0 Å². The van der Waals surface area contributed by atoms with Gasteiger partial charge in [-0.05, 0) is 59.3 Å². The first-order valence-electron chi connectivity index (χ1n) is 18.5. The largest absolute Gasteiger partial charge is 0.455 e. The Hall–Kier alpha value is -5.08. The summed E-state index contributed by atoms with van der Waals surface area (Å²) in [6.45, 7) is 0. The summed E-state index contributed by atoms with van der Waals surface area (Å²) in [5.74, 6) is 3.40. The monoisotopic (exact) mass is 810 g/mol. The van der Waals surface area contributed by atoms with Crippen molar-refractivity contribution in [3.8, 4) is 34.1 Å². The van der Waals surface area contributed by atoms with Gasteiger partial charge in [-0.3, -0.25) is 8.68 Å². The van der Waals surface area contributed by atoms with Crippen molar-refractivity contribution in [1.29, 1.82) is 0 Å². The van der Waals surface area contributed by atoms with Crippen molar-refractivity contribution >= 4 is 57.6 Å². The Kier molecular flexibility index (Phi) is 9.98. The molecule has 2 aliphatic heterocycles. The summed E-state index contributed by atoms with van der Waals surface area (Å²) in [6, 6.07) is 33.5. The molecule has 6 aromatic rings. The summed E-state index contributed by atoms with van der Waals surface area (Å²) in [5.41, 5.74) is 3.80. The summed E-state index contributed by atoms with van der Waals surface area (Å²) >= 11 is 0. The molecule has 2 aliphatic carbocycles. The number of hydrogen-bond donors (Lipinski definition) is 0. The predicted octanol–water partition coefficient (Wildman–Crippen LogP) is 11.8. The maximum atomic E-state index is 6.85. The van der Waals surface area contributed by atoms with E-state index in [4.69, 9.17) is 18.1 Å². The number of nitrogens with zero attached hydrogens (tertiary/aromatic N) is 4. The molecule has 0 bridgehead atoms. The van der Waals surface area contributed by atoms with E-state index in [0.717, 1.165) is 22.2 Å². The van der Waals surface area contributed by atoms with Gasteiger partial charge in [0, 0.05) is 36.6 Å². The summed E-state index contributed by atoms with van der Waals surface area (Å²) in [5, 5.41) is 2.33. The van der Waals surface area contributed by atoms with E-state index in [9.17, 15) is 0 Å². The molecule has 278 valence electrons. The summed E-state index contributed by atoms with van der Waals surface area (Å²) < 4.78 is 36.2. The van der Waals surface area contributed by atoms with Gasteiger partial charge in [0.1, 0.15) is 23.0 Å². The quantitative estimate of drug-likeness (QED) is 0.108. The van der Waals surface area contributed by atoms with Crippen LogP contribution in [0.5, 0.6) is 23.0 Å². The zero-order valence-corrected chi connectivity index (χ0v) is 34.1. The maximum Gasteiger partial charge on any atom is 0.181 e. The molecule has 0 amide bonds. The zero-order valence-electron chi connectivity index (χ0n) is 30.1. The average molecular weight is 811 g/mol. The highest BCUT2D eigenvalue weighted by Crippen LogP contribution is 2.53. The molecular weight excluding hydrogens is 772 g/mol. The second-order valence-electron chi connectivity index (χ2n) is 13.7. The third-order valence-corrected chi connectivity index (χ3v) is 14.1. The van der Waals surface area contributed by atoms with Gasteiger partial charge in [-0.1, -0.05) is 109 Å². The van der Waals surface area contributed by atoms with Gasteiger partial charge in [-0.2, -0.15) is 0 Å². The lowest BCUT2D eigenvalue weighted by molar-refractivity contribution is 0.452. The van der Waals surface area contributed by atoms with E-state index in [1.54, 1.807) is 0 Å². The molecule has 12 heteroatoms. The molecule has 8 unspecified atom stereocenters. The molecular formula is C44H38N4O4P4. The van der Waals surface area contributed by atoms with Crippen molar-refractivity contribution in [3.05, 3.63) is 183 Å². The van der Waals surface area contributed by atoms with Gasteiger partial charge in [0.15, 0.2) is 35.8 Å². The fraction of sp³-hybridized carbons (Fsp3) is 0.0909. The van der Waals surface area contributed by atoms with Gasteiger partial charge in [0.25, 0.3) is 0 Å². The Bertz CT molecular complexity index is 2420. The highest BCUT2D eigenvalue weighted by molar-refractivity contribution is 7.31. The van der Waals surface area contributed by atoms with Crippen LogP contribution >= 0.6 is 35.8 Å². The minimum absolute atomic E-state index is 0.0144. The lowest BCUT2D eigenvalue weighted by Crippen LogP contribution is -2.24. The van der Waals surface area contributed by atoms with E-state index in [-0.39, 0.29) is 47.9 Å². The first kappa shape index (κ1) is 35.3. The number of fused-ring (bicyclic) bond motifs is 4. The summed E-state index contributed by atoms with van der Waals surface area (Å²) in [6.07, 6.45) is 30.3. The lowest BCUT2D eigenvalue weighted by atomic mass is 9.98. The molecule has 56 heavy (non-hydrogen) atoms. The smallest absolute Gasteiger partial charge is 0.181 e. The van der Waals surface area contributed by atoms with Crippen LogP contribution in [0.15, 0.2) is 183 Å². The summed E-state index contributed by atoms with van der Waals surface area (Å²) in [7, 11) is 0.0487. The van der Waals surface area contributed by atoms with Crippen molar-refractivity contribution in [2.24, 2.45) is 11.8 Å². The number of hydrogen-bond acceptors (Lipinski definition) is 6. The Morgan fingerprint density at radius 3 is 1.27 bits per heavy atom. The van der Waals surface area contributed by atoms with Gasteiger partial charge in [-0.25, -0.2) is 0 Å². The SMILES string of the molecule is C1=CC2C=CN(POc3cccc(OPN4C=CC5C=CC=CC54)c3-c3c(OPn4ccc5ccccc54)cccc3OPn3ccc4ccccc43)C2C=C1. The first-order chi connectivity index (χ1) is 27.8. The highest BCUT2D eigenvalue weighted by Gasteiger charge is 2.30. The Morgan fingerprint density at radius 1 is 0.393 bits per heavy atom. The van der Waals surface area contributed by atoms with E-state index in [1.807, 2.05) is 36.4 Å². The minimum Gasteiger partial charge on any atom is -0.455 e. The van der Waals surface area contributed by atoms with Crippen molar-refractivity contribution in [3.63, 3.8) is 0 Å². The van der Waals surface area contributed by atoms with Crippen molar-refractivity contribution < 1.29 is 18.1 Å². The van der Waals surface area contributed by atoms with E-state index < -0.39 is 0 Å². The Morgan fingerprint density at radius 2 is 0.804 bits per heavy atom. The number of rotatable bonds is 13. The van der Waals surface area contributed by atoms with E-state index >= 15 is 0 Å². The third-order valence-electron chi connectivity index (χ3n) is 10.3. The van der Waals surface area contributed by atoms with Crippen LogP contribution in [-0.2, 0) is 0 Å². The number of benzene rings is 4. The fourth-order valence-electron chi connectivity index (χ4n) is 7.48. The van der Waals surface area contributed by atoms with Crippen LogP contribution in [0, 0.1) is 11.8 Å². The van der Waals surface area contributed by atoms with Crippen molar-refractivity contribution in [2.45, 2.75) is 12.1 Å². The third kappa shape index (κ3) is 6.97. The lowest BCUT2D eigenvalue weighted by Gasteiger charge is -2.28. The second kappa shape index (κ2) is 15.8. The van der Waals surface area contributed by atoms with Crippen LogP contribution in [-0.4, -0.2) is 30.1 Å². The molecule has 0 radical (unpaired) electrons. The maximum absolute atomic E-state index is 6.85. The molecule has 0 saturated heterocycles. The predicted molar refractivity (Wildman–Crippen MR) is 235 cm³/mol. The van der Waals surface area contributed by atoms with Crippen LogP contribution in [0.25, 0.3) is 32.9 Å². The van der Waals surface area contributed by atoms with Crippen LogP contribution in [0.2, 0.25) is 0 Å². The van der Waals surface area contributed by atoms with Gasteiger partial charge >= 0.3 is 0 Å². The molecule has 10 rings (SSSR count). The number of aromatic nitrogens is 2. The van der Waals surface area contributed by atoms with E-state index in [0.29, 0.717) is 34.8 Å². The molecule has 0 N–H and O–H groups in total. The van der Waals surface area contributed by atoms with Crippen molar-refractivity contribution in [1.82, 2.24) is 18.0 Å². The molecule has 4 aromatic carbocycles. The Labute approximate surface area is 333 Å². The number of allylic oxidation sites excluding steroid dienone is 4. The molecule has 0 fully saturated rings. The molecule has 2 aromatic heterocycles. The van der Waals surface area contributed by atoms with E-state index in [2.05, 4.69) is 164 Å². The van der Waals surface area contributed by atoms with Crippen LogP contribution in [0.4, 0.5) is 0 Å². The van der Waals surface area contributed by atoms with Crippen LogP contribution in [0.1, 0.15) is 0 Å². The standard InChI is InChI=1S/C44H38N4O4P4/c1-5-15-35-31(11-1)23-27-45(35)53-49-39-19-9-20-40(50-54-46-28-24-32-12-2-6-16-36(32)46)43(39)44-41(51-55-47-29-25-33-13-3-7-17-37(33)47)21-10-22-42(44)52-56-48-30-26-34-14-4-8-18-38(34)48/h1-32,35-36,53-56H. The molecule has 4 aliphatic rings. The molecule has 0 saturated carbocycles. The number of para-hydroxylation sites is 2. The highest BCUT2D eigenvalue weighted by atomic mass is 31.1. The van der Waals surface area contributed by atoms with Gasteiger partial charge < -0.3 is 27.4 Å². The van der Waals surface area contributed by atoms with Crippen LogP contribution < -0.4 is 18.1 Å². The molecule has 0 spiro atoms. The fourth-order valence-corrected chi connectivity index (χ4v) is 10.9. The second-order valence-corrected chi connectivity index (χ2v) is 17.2. The topological polar surface area (TPSA) is 53.3 Å². The zero-order chi connectivity index (χ0) is 37.3. The molecule has 4 heterocycles. The molecule has 8 atom stereocenters. The van der Waals surface area contributed by atoms with Gasteiger partial charge in [0.05, 0.1) is 34.2 Å². The normalized spacial score (nSPS) is 21.1. The van der Waals surface area contributed by atoms with Gasteiger partial charge in [-0.15, -0.1) is 0 Å². The minimum atomic E-state index is -0.0144. The average Bonchev–Trinajstić information content (AvgIpc) is 4.06. The summed E-state index contributed by atoms with van der Waals surface area (Å²) in [4.78, 5) is 0. The van der Waals surface area contributed by atoms with E-state index in [1.165, 1.54) is 10.8 Å². The molecule has 8 nitrogen and oxygen atoms in total. The van der Waals surface area contributed by atoms with Gasteiger partial charge in [0.2, 0.25) is 0 Å². The Balaban J connectivity index is 1.04. The van der Waals surface area contributed by atoms with Crippen molar-refractivity contribution in [2.75, 3.05) is 0 Å².